The second kappa shape index (κ2) is 9.18. The monoisotopic (exact) mass is 488 g/mol. The molecule has 0 bridgehead atoms. The average Bonchev–Trinajstić information content (AvgIpc) is 2.85. The minimum Gasteiger partial charge on any atom is -0.366 e. The zero-order valence-electron chi connectivity index (χ0n) is 18.8. The van der Waals surface area contributed by atoms with Crippen LogP contribution in [0.4, 0.5) is 5.69 Å². The number of nitrogens with zero attached hydrogens (tertiary/aromatic N) is 1. The summed E-state index contributed by atoms with van der Waals surface area (Å²) in [5, 5.41) is 18.6. The van der Waals surface area contributed by atoms with Crippen LogP contribution in [0.5, 0.6) is 0 Å². The fourth-order valence-electron chi connectivity index (χ4n) is 3.42. The number of aryl methyl sites for hydroxylation is 1. The minimum absolute atomic E-state index is 0.0383. The number of anilines is 1. The maximum atomic E-state index is 13.3. The van der Waals surface area contributed by atoms with Crippen LogP contribution < -0.4 is 10.9 Å². The Labute approximate surface area is 201 Å². The van der Waals surface area contributed by atoms with Crippen LogP contribution in [-0.4, -0.2) is 30.8 Å². The third-order valence-electron chi connectivity index (χ3n) is 5.34. The Kier molecular flexibility index (Phi) is 6.26. The maximum Gasteiger partial charge on any atom is 0.366 e. The van der Waals surface area contributed by atoms with Crippen molar-refractivity contribution in [1.82, 2.24) is 5.16 Å². The molecule has 0 saturated carbocycles. The van der Waals surface area contributed by atoms with Crippen LogP contribution in [0, 0.1) is 18.8 Å². The number of amides is 1. The largest absolute Gasteiger partial charge is 0.366 e. The van der Waals surface area contributed by atoms with Gasteiger partial charge < -0.3 is 14.9 Å². The summed E-state index contributed by atoms with van der Waals surface area (Å²) in [5.74, 6) is 4.57. The first-order chi connectivity index (χ1) is 16.6. The zero-order valence-corrected chi connectivity index (χ0v) is 19.6. The highest BCUT2D eigenvalue weighted by molar-refractivity contribution is 7.90. The van der Waals surface area contributed by atoms with E-state index in [2.05, 4.69) is 22.3 Å². The number of carbonyl (C=O) groups excluding carboxylic acids is 1. The number of fused-ring (bicyclic) bond motifs is 1. The molecule has 35 heavy (non-hydrogen) atoms. The number of rotatable bonds is 4. The molecule has 0 fully saturated rings. The van der Waals surface area contributed by atoms with Gasteiger partial charge in [-0.25, -0.2) is 13.2 Å². The number of hydrogen-bond donors (Lipinski definition) is 2. The first-order valence-corrected chi connectivity index (χ1v) is 12.3. The lowest BCUT2D eigenvalue weighted by atomic mass is 9.92. The molecule has 9 heteroatoms. The van der Waals surface area contributed by atoms with Crippen molar-refractivity contribution in [2.45, 2.75) is 17.4 Å². The fraction of sp³-hybridized carbons (Fsp3) is 0.115. The van der Waals surface area contributed by atoms with Crippen molar-refractivity contribution in [1.29, 1.82) is 0 Å². The van der Waals surface area contributed by atoms with E-state index < -0.39 is 27.0 Å². The van der Waals surface area contributed by atoms with Gasteiger partial charge in [0.2, 0.25) is 5.60 Å². The Morgan fingerprint density at radius 3 is 2.37 bits per heavy atom. The van der Waals surface area contributed by atoms with Crippen LogP contribution >= 0.6 is 0 Å². The molecule has 1 heterocycles. The molecular formula is C26H20N2O6S. The molecule has 2 N–H and O–H groups in total. The van der Waals surface area contributed by atoms with Crippen molar-refractivity contribution in [3.05, 3.63) is 100 Å². The molecule has 3 aromatic carbocycles. The van der Waals surface area contributed by atoms with Crippen LogP contribution in [0.1, 0.15) is 16.8 Å². The average molecular weight is 489 g/mol. The lowest BCUT2D eigenvalue weighted by Gasteiger charge is -2.22. The molecule has 1 atom stereocenters. The Bertz CT molecular complexity index is 1650. The highest BCUT2D eigenvalue weighted by atomic mass is 32.2. The molecule has 1 unspecified atom stereocenters. The van der Waals surface area contributed by atoms with Crippen molar-refractivity contribution in [3.63, 3.8) is 0 Å². The minimum atomic E-state index is -3.47. The van der Waals surface area contributed by atoms with Gasteiger partial charge in [0, 0.05) is 28.5 Å². The van der Waals surface area contributed by atoms with Crippen LogP contribution in [0.2, 0.25) is 0 Å². The molecular weight excluding hydrogens is 468 g/mol. The van der Waals surface area contributed by atoms with E-state index in [0.29, 0.717) is 27.7 Å². The van der Waals surface area contributed by atoms with Crippen LogP contribution in [0.3, 0.4) is 0 Å². The topological polar surface area (TPSA) is 127 Å². The van der Waals surface area contributed by atoms with Gasteiger partial charge in [0.15, 0.2) is 9.84 Å². The normalized spacial score (nSPS) is 12.9. The summed E-state index contributed by atoms with van der Waals surface area (Å²) in [6, 6.07) is 18.6. The second-order valence-corrected chi connectivity index (χ2v) is 9.91. The van der Waals surface area contributed by atoms with Gasteiger partial charge in [-0.1, -0.05) is 41.4 Å². The number of benzene rings is 3. The molecule has 4 aromatic rings. The lowest BCUT2D eigenvalue weighted by molar-refractivity contribution is -0.129. The third kappa shape index (κ3) is 4.99. The van der Waals surface area contributed by atoms with Crippen LogP contribution in [0.15, 0.2) is 87.0 Å². The summed E-state index contributed by atoms with van der Waals surface area (Å²) < 4.78 is 28.4. The SMILES string of the molecule is Cc1noc(=O)c2ccc(NC(=O)C(O)(C#Cc3ccccc3)c3ccc(S(C)(=O)=O)cc3)cc12. The predicted octanol–water partition coefficient (Wildman–Crippen LogP) is 2.78. The quantitative estimate of drug-likeness (QED) is 0.423. The van der Waals surface area contributed by atoms with Gasteiger partial charge in [0.1, 0.15) is 0 Å². The molecule has 0 aliphatic heterocycles. The smallest absolute Gasteiger partial charge is 0.366 e. The first kappa shape index (κ1) is 23.9. The summed E-state index contributed by atoms with van der Waals surface area (Å²) in [7, 11) is -3.47. The van der Waals surface area contributed by atoms with Gasteiger partial charge in [-0.3, -0.25) is 4.79 Å². The fourth-order valence-corrected chi connectivity index (χ4v) is 4.05. The molecule has 0 aliphatic carbocycles. The van der Waals surface area contributed by atoms with Gasteiger partial charge in [-0.05, 0) is 55.3 Å². The lowest BCUT2D eigenvalue weighted by Crippen LogP contribution is -2.39. The van der Waals surface area contributed by atoms with E-state index in [-0.39, 0.29) is 10.5 Å². The zero-order chi connectivity index (χ0) is 25.2. The predicted molar refractivity (Wildman–Crippen MR) is 130 cm³/mol. The van der Waals surface area contributed by atoms with Crippen molar-refractivity contribution in [2.24, 2.45) is 0 Å². The van der Waals surface area contributed by atoms with E-state index in [9.17, 15) is 23.1 Å². The van der Waals surface area contributed by atoms with Crippen LogP contribution in [0.25, 0.3) is 10.8 Å². The van der Waals surface area contributed by atoms with Crippen molar-refractivity contribution in [3.8, 4) is 11.8 Å². The number of hydrogen-bond acceptors (Lipinski definition) is 7. The number of carbonyl (C=O) groups is 1. The van der Waals surface area contributed by atoms with Gasteiger partial charge in [0.05, 0.1) is 16.0 Å². The summed E-state index contributed by atoms with van der Waals surface area (Å²) in [4.78, 5) is 25.3. The van der Waals surface area contributed by atoms with E-state index in [1.807, 2.05) is 6.07 Å². The van der Waals surface area contributed by atoms with E-state index in [0.717, 1.165) is 6.26 Å². The Balaban J connectivity index is 1.77. The van der Waals surface area contributed by atoms with Crippen molar-refractivity contribution < 1.29 is 22.8 Å². The highest BCUT2D eigenvalue weighted by Crippen LogP contribution is 2.26. The van der Waals surface area contributed by atoms with Crippen molar-refractivity contribution in [2.75, 3.05) is 11.6 Å². The van der Waals surface area contributed by atoms with E-state index >= 15 is 0 Å². The molecule has 1 amide bonds. The Hall–Kier alpha value is -4.26. The second-order valence-electron chi connectivity index (χ2n) is 7.89. The third-order valence-corrected chi connectivity index (χ3v) is 6.47. The first-order valence-electron chi connectivity index (χ1n) is 10.4. The maximum absolute atomic E-state index is 13.3. The van der Waals surface area contributed by atoms with E-state index in [1.165, 1.54) is 36.4 Å². The van der Waals surface area contributed by atoms with E-state index in [4.69, 9.17) is 4.52 Å². The molecule has 0 radical (unpaired) electrons. The van der Waals surface area contributed by atoms with Gasteiger partial charge in [-0.15, -0.1) is 0 Å². The van der Waals surface area contributed by atoms with Crippen molar-refractivity contribution >= 4 is 32.2 Å². The van der Waals surface area contributed by atoms with Gasteiger partial charge >= 0.3 is 5.63 Å². The van der Waals surface area contributed by atoms with Gasteiger partial charge in [-0.2, -0.15) is 0 Å². The summed E-state index contributed by atoms with van der Waals surface area (Å²) in [5.41, 5.74) is -1.52. The number of nitrogens with one attached hydrogen (secondary N) is 1. The molecule has 0 aliphatic rings. The molecule has 8 nitrogen and oxygen atoms in total. The standard InChI is InChI=1S/C26H20N2O6S/c1-17-23-16-20(10-13-22(23)24(29)34-28-17)27-25(30)26(31,15-14-18-6-4-3-5-7-18)19-8-11-21(12-9-19)35(2,32)33/h3-13,16,31H,1-2H3,(H,27,30). The number of aliphatic hydroxyl groups is 1. The van der Waals surface area contributed by atoms with E-state index in [1.54, 1.807) is 37.3 Å². The molecule has 4 rings (SSSR count). The van der Waals surface area contributed by atoms with Gasteiger partial charge in [0.25, 0.3) is 5.91 Å². The molecule has 1 aromatic heterocycles. The number of sulfone groups is 1. The summed E-state index contributed by atoms with van der Waals surface area (Å²) >= 11 is 0. The highest BCUT2D eigenvalue weighted by Gasteiger charge is 2.37. The molecule has 176 valence electrons. The number of aromatic nitrogens is 1. The summed E-state index contributed by atoms with van der Waals surface area (Å²) in [6.07, 6.45) is 1.06. The molecule has 0 saturated heterocycles. The molecule has 0 spiro atoms. The summed E-state index contributed by atoms with van der Waals surface area (Å²) in [6.45, 7) is 1.65. The Morgan fingerprint density at radius 2 is 1.71 bits per heavy atom. The Morgan fingerprint density at radius 1 is 1.03 bits per heavy atom. The van der Waals surface area contributed by atoms with Crippen LogP contribution in [-0.2, 0) is 20.2 Å².